The zero-order chi connectivity index (χ0) is 14.9. The van der Waals surface area contributed by atoms with Gasteiger partial charge in [-0.05, 0) is 39.8 Å². The second kappa shape index (κ2) is 5.45. The maximum atomic E-state index is 11.8. The fourth-order valence-electron chi connectivity index (χ4n) is 1.88. The van der Waals surface area contributed by atoms with E-state index >= 15 is 0 Å². The van der Waals surface area contributed by atoms with Crippen LogP contribution < -0.4 is 15.1 Å². The van der Waals surface area contributed by atoms with Crippen LogP contribution in [0.2, 0.25) is 0 Å². The Morgan fingerprint density at radius 2 is 1.75 bits per heavy atom. The molecule has 1 aromatic heterocycles. The SMILES string of the molecule is CC(C)Oc1c(O)c2c(OC(C)C)cccc2oc1=O. The molecule has 0 amide bonds. The van der Waals surface area contributed by atoms with Crippen LogP contribution in [0, 0.1) is 0 Å². The number of benzene rings is 1. The average molecular weight is 278 g/mol. The van der Waals surface area contributed by atoms with Crippen LogP contribution in [0.25, 0.3) is 11.0 Å². The van der Waals surface area contributed by atoms with Gasteiger partial charge in [0.25, 0.3) is 0 Å². The molecule has 5 nitrogen and oxygen atoms in total. The summed E-state index contributed by atoms with van der Waals surface area (Å²) in [6.45, 7) is 7.28. The molecule has 0 aliphatic carbocycles. The number of rotatable bonds is 4. The number of hydrogen-bond donors (Lipinski definition) is 1. The third-order valence-electron chi connectivity index (χ3n) is 2.54. The van der Waals surface area contributed by atoms with Crippen molar-refractivity contribution in [3.05, 3.63) is 28.6 Å². The lowest BCUT2D eigenvalue weighted by Crippen LogP contribution is -2.14. The van der Waals surface area contributed by atoms with Gasteiger partial charge in [-0.15, -0.1) is 0 Å². The molecule has 0 radical (unpaired) electrons. The molecule has 20 heavy (non-hydrogen) atoms. The lowest BCUT2D eigenvalue weighted by molar-refractivity contribution is 0.220. The van der Waals surface area contributed by atoms with Crippen LogP contribution >= 0.6 is 0 Å². The van der Waals surface area contributed by atoms with E-state index in [1.54, 1.807) is 32.0 Å². The van der Waals surface area contributed by atoms with Crippen molar-refractivity contribution in [2.45, 2.75) is 39.9 Å². The molecule has 1 aromatic carbocycles. The summed E-state index contributed by atoms with van der Waals surface area (Å²) in [5, 5.41) is 10.7. The summed E-state index contributed by atoms with van der Waals surface area (Å²) in [6.07, 6.45) is -0.319. The van der Waals surface area contributed by atoms with Crippen molar-refractivity contribution in [3.8, 4) is 17.2 Å². The minimum absolute atomic E-state index is 0.0682. The molecule has 0 atom stereocenters. The summed E-state index contributed by atoms with van der Waals surface area (Å²) in [4.78, 5) is 11.8. The van der Waals surface area contributed by atoms with Crippen molar-refractivity contribution in [2.24, 2.45) is 0 Å². The van der Waals surface area contributed by atoms with Crippen molar-refractivity contribution in [2.75, 3.05) is 0 Å². The van der Waals surface area contributed by atoms with E-state index in [2.05, 4.69) is 0 Å². The Morgan fingerprint density at radius 3 is 2.35 bits per heavy atom. The van der Waals surface area contributed by atoms with Crippen LogP contribution in [0.1, 0.15) is 27.7 Å². The summed E-state index contributed by atoms with van der Waals surface area (Å²) in [6, 6.07) is 5.01. The van der Waals surface area contributed by atoms with Gasteiger partial charge in [-0.1, -0.05) is 6.07 Å². The van der Waals surface area contributed by atoms with Gasteiger partial charge >= 0.3 is 5.63 Å². The number of ether oxygens (including phenoxy) is 2. The Labute approximate surface area is 116 Å². The van der Waals surface area contributed by atoms with Gasteiger partial charge in [0.2, 0.25) is 5.75 Å². The standard InChI is InChI=1S/C15H18O5/c1-8(2)18-10-6-5-7-11-12(10)13(16)14(15(17)20-11)19-9(3)4/h5-9,16H,1-4H3. The monoisotopic (exact) mass is 278 g/mol. The first-order valence-electron chi connectivity index (χ1n) is 6.52. The van der Waals surface area contributed by atoms with E-state index in [1.165, 1.54) is 0 Å². The highest BCUT2D eigenvalue weighted by molar-refractivity contribution is 5.91. The quantitative estimate of drug-likeness (QED) is 0.870. The highest BCUT2D eigenvalue weighted by Gasteiger charge is 2.20. The second-order valence-corrected chi connectivity index (χ2v) is 5.03. The van der Waals surface area contributed by atoms with Gasteiger partial charge in [-0.25, -0.2) is 4.79 Å². The first-order valence-corrected chi connectivity index (χ1v) is 6.52. The largest absolute Gasteiger partial charge is 0.503 e. The molecule has 5 heteroatoms. The summed E-state index contributed by atoms with van der Waals surface area (Å²) >= 11 is 0. The molecule has 108 valence electrons. The number of fused-ring (bicyclic) bond motifs is 1. The Hall–Kier alpha value is -2.17. The molecule has 0 saturated heterocycles. The molecule has 0 bridgehead atoms. The second-order valence-electron chi connectivity index (χ2n) is 5.03. The van der Waals surface area contributed by atoms with Crippen molar-refractivity contribution >= 4 is 11.0 Å². The lowest BCUT2D eigenvalue weighted by atomic mass is 10.2. The molecule has 0 fully saturated rings. The summed E-state index contributed by atoms with van der Waals surface area (Å²) in [5.74, 6) is 0.0147. The van der Waals surface area contributed by atoms with Gasteiger partial charge in [0.1, 0.15) is 16.7 Å². The molecular weight excluding hydrogens is 260 g/mol. The van der Waals surface area contributed by atoms with Crippen molar-refractivity contribution < 1.29 is 19.0 Å². The topological polar surface area (TPSA) is 68.9 Å². The summed E-state index contributed by atoms with van der Waals surface area (Å²) < 4.78 is 16.1. The van der Waals surface area contributed by atoms with E-state index in [1.807, 2.05) is 13.8 Å². The summed E-state index contributed by atoms with van der Waals surface area (Å²) in [7, 11) is 0. The fraction of sp³-hybridized carbons (Fsp3) is 0.400. The Morgan fingerprint density at radius 1 is 1.10 bits per heavy atom. The van der Waals surface area contributed by atoms with Gasteiger partial charge in [0.15, 0.2) is 5.75 Å². The van der Waals surface area contributed by atoms with E-state index in [4.69, 9.17) is 13.9 Å². The van der Waals surface area contributed by atoms with E-state index in [-0.39, 0.29) is 29.3 Å². The maximum absolute atomic E-state index is 11.8. The molecule has 1 heterocycles. The minimum atomic E-state index is -0.703. The molecule has 1 N–H and O–H groups in total. The van der Waals surface area contributed by atoms with E-state index in [9.17, 15) is 9.90 Å². The molecule has 0 aliphatic heterocycles. The van der Waals surface area contributed by atoms with E-state index in [0.29, 0.717) is 11.1 Å². The zero-order valence-electron chi connectivity index (χ0n) is 12.0. The predicted molar refractivity (Wildman–Crippen MR) is 75.7 cm³/mol. The third kappa shape index (κ3) is 2.71. The number of hydrogen-bond acceptors (Lipinski definition) is 5. The highest BCUT2D eigenvalue weighted by Crippen LogP contribution is 2.38. The van der Waals surface area contributed by atoms with Crippen LogP contribution in [-0.2, 0) is 0 Å². The fourth-order valence-corrected chi connectivity index (χ4v) is 1.88. The smallest absolute Gasteiger partial charge is 0.383 e. The first-order chi connectivity index (χ1) is 9.40. The zero-order valence-corrected chi connectivity index (χ0v) is 12.0. The summed E-state index contributed by atoms with van der Waals surface area (Å²) in [5.41, 5.74) is -0.438. The predicted octanol–water partition coefficient (Wildman–Crippen LogP) is 3.07. The molecule has 0 spiro atoms. The Bertz CT molecular complexity index is 670. The van der Waals surface area contributed by atoms with Crippen LogP contribution in [0.4, 0.5) is 0 Å². The molecule has 2 aromatic rings. The third-order valence-corrected chi connectivity index (χ3v) is 2.54. The van der Waals surface area contributed by atoms with Crippen molar-refractivity contribution in [3.63, 3.8) is 0 Å². The van der Waals surface area contributed by atoms with Gasteiger partial charge < -0.3 is 19.0 Å². The molecule has 2 rings (SSSR count). The number of aromatic hydroxyl groups is 1. The van der Waals surface area contributed by atoms with Crippen LogP contribution in [-0.4, -0.2) is 17.3 Å². The van der Waals surface area contributed by atoms with Crippen molar-refractivity contribution in [1.29, 1.82) is 0 Å². The van der Waals surface area contributed by atoms with E-state index in [0.717, 1.165) is 0 Å². The van der Waals surface area contributed by atoms with Gasteiger partial charge in [-0.3, -0.25) is 0 Å². The van der Waals surface area contributed by atoms with Gasteiger partial charge in [0.05, 0.1) is 12.2 Å². The average Bonchev–Trinajstić information content (AvgIpc) is 2.33. The highest BCUT2D eigenvalue weighted by atomic mass is 16.5. The molecule has 0 unspecified atom stereocenters. The normalized spacial score (nSPS) is 11.3. The van der Waals surface area contributed by atoms with Gasteiger partial charge in [0, 0.05) is 0 Å². The Kier molecular flexibility index (Phi) is 3.88. The van der Waals surface area contributed by atoms with Crippen LogP contribution in [0.15, 0.2) is 27.4 Å². The van der Waals surface area contributed by atoms with Crippen molar-refractivity contribution in [1.82, 2.24) is 0 Å². The Balaban J connectivity index is 2.70. The van der Waals surface area contributed by atoms with Gasteiger partial charge in [-0.2, -0.15) is 0 Å². The first kappa shape index (κ1) is 14.2. The van der Waals surface area contributed by atoms with Crippen LogP contribution in [0.3, 0.4) is 0 Å². The maximum Gasteiger partial charge on any atom is 0.383 e. The lowest BCUT2D eigenvalue weighted by Gasteiger charge is -2.15. The van der Waals surface area contributed by atoms with E-state index < -0.39 is 5.63 Å². The minimum Gasteiger partial charge on any atom is -0.503 e. The van der Waals surface area contributed by atoms with Crippen LogP contribution in [0.5, 0.6) is 17.2 Å². The molecule has 0 saturated carbocycles. The molecular formula is C15H18O5. The molecule has 0 aliphatic rings.